The molecule has 43 heavy (non-hydrogen) atoms. The molecule has 0 amide bonds. The van der Waals surface area contributed by atoms with Gasteiger partial charge in [0.25, 0.3) is 0 Å². The summed E-state index contributed by atoms with van der Waals surface area (Å²) in [5.74, 6) is -0.226. The number of carbonyl (C=O) groups excluding carboxylic acids is 2. The van der Waals surface area contributed by atoms with Crippen LogP contribution in [0.5, 0.6) is 5.75 Å². The number of fused-ring (bicyclic) bond motifs is 2. The quantitative estimate of drug-likeness (QED) is 0.104. The number of hydrogen-bond acceptors (Lipinski definition) is 7. The van der Waals surface area contributed by atoms with Crippen LogP contribution in [0.4, 0.5) is 13.2 Å². The SMILES string of the molecule is Cc1cc([S+](c2ccccc2)c2ccccc2)cc(C)c1OC(=O)C12CCC(C)(C(=O)O1)C2(C)C.O=S(=O)([O-])C(F)(F)F. The highest BCUT2D eigenvalue weighted by molar-refractivity contribution is 7.97. The highest BCUT2D eigenvalue weighted by Gasteiger charge is 2.76. The molecule has 2 atom stereocenters. The number of aryl methyl sites for hydroxylation is 2. The lowest BCUT2D eigenvalue weighted by molar-refractivity contribution is -0.176. The van der Waals surface area contributed by atoms with Crippen LogP contribution in [0, 0.1) is 24.7 Å². The molecule has 1 aliphatic heterocycles. The molecule has 1 saturated carbocycles. The topological polar surface area (TPSA) is 110 Å². The van der Waals surface area contributed by atoms with Gasteiger partial charge in [0.05, 0.1) is 16.3 Å². The van der Waals surface area contributed by atoms with Crippen molar-refractivity contribution >= 4 is 33.0 Å². The van der Waals surface area contributed by atoms with Crippen molar-refractivity contribution in [2.75, 3.05) is 0 Å². The van der Waals surface area contributed by atoms with Crippen LogP contribution in [0.3, 0.4) is 0 Å². The summed E-state index contributed by atoms with van der Waals surface area (Å²) in [6.45, 7) is 9.73. The van der Waals surface area contributed by atoms with Gasteiger partial charge in [-0.05, 0) is 69.0 Å². The van der Waals surface area contributed by atoms with E-state index in [9.17, 15) is 22.8 Å². The molecule has 1 heterocycles. The molecule has 0 N–H and O–H groups in total. The van der Waals surface area contributed by atoms with Crippen molar-refractivity contribution in [2.24, 2.45) is 10.8 Å². The van der Waals surface area contributed by atoms with Crippen molar-refractivity contribution in [3.8, 4) is 5.75 Å². The number of alkyl halides is 3. The first-order valence-electron chi connectivity index (χ1n) is 13.3. The van der Waals surface area contributed by atoms with Gasteiger partial charge in [0.1, 0.15) is 5.75 Å². The van der Waals surface area contributed by atoms with Gasteiger partial charge in [-0.25, -0.2) is 13.2 Å². The molecule has 0 aromatic heterocycles. The molecule has 5 rings (SSSR count). The number of carbonyl (C=O) groups is 2. The molecule has 2 aliphatic rings. The van der Waals surface area contributed by atoms with E-state index in [1.807, 2.05) is 46.8 Å². The first-order valence-corrected chi connectivity index (χ1v) is 15.9. The Hall–Kier alpha value is -3.35. The van der Waals surface area contributed by atoms with Gasteiger partial charge in [-0.2, -0.15) is 13.2 Å². The van der Waals surface area contributed by atoms with Gasteiger partial charge >= 0.3 is 17.4 Å². The van der Waals surface area contributed by atoms with Crippen molar-refractivity contribution in [3.05, 3.63) is 83.9 Å². The Morgan fingerprint density at radius 3 is 1.67 bits per heavy atom. The fourth-order valence-electron chi connectivity index (χ4n) is 5.59. The van der Waals surface area contributed by atoms with Gasteiger partial charge in [0, 0.05) is 17.5 Å². The smallest absolute Gasteiger partial charge is 0.485 e. The van der Waals surface area contributed by atoms with E-state index in [0.29, 0.717) is 18.6 Å². The predicted octanol–water partition coefficient (Wildman–Crippen LogP) is 6.48. The van der Waals surface area contributed by atoms with Crippen LogP contribution in [0.15, 0.2) is 87.5 Å². The molecule has 3 aromatic carbocycles. The van der Waals surface area contributed by atoms with E-state index in [0.717, 1.165) is 16.0 Å². The maximum atomic E-state index is 13.6. The number of halogens is 3. The number of benzene rings is 3. The number of hydrogen-bond donors (Lipinski definition) is 0. The monoisotopic (exact) mass is 636 g/mol. The van der Waals surface area contributed by atoms with Gasteiger partial charge in [-0.15, -0.1) is 0 Å². The van der Waals surface area contributed by atoms with Crippen LogP contribution in [0.25, 0.3) is 0 Å². The molecule has 3 aromatic rings. The summed E-state index contributed by atoms with van der Waals surface area (Å²) < 4.78 is 70.7. The van der Waals surface area contributed by atoms with Crippen LogP contribution >= 0.6 is 0 Å². The highest BCUT2D eigenvalue weighted by Crippen LogP contribution is 2.65. The van der Waals surface area contributed by atoms with Crippen LogP contribution < -0.4 is 4.74 Å². The third-order valence-corrected chi connectivity index (χ3v) is 11.3. The Kier molecular flexibility index (Phi) is 8.55. The molecule has 0 radical (unpaired) electrons. The van der Waals surface area contributed by atoms with Crippen molar-refractivity contribution in [2.45, 2.75) is 73.3 Å². The van der Waals surface area contributed by atoms with Gasteiger partial charge in [-0.1, -0.05) is 50.2 Å². The van der Waals surface area contributed by atoms with E-state index >= 15 is 0 Å². The number of ether oxygens (including phenoxy) is 2. The normalized spacial score (nSPS) is 22.5. The van der Waals surface area contributed by atoms with E-state index < -0.39 is 38.0 Å². The molecule has 0 spiro atoms. The minimum absolute atomic E-state index is 0.294. The summed E-state index contributed by atoms with van der Waals surface area (Å²) in [6, 6.07) is 25.1. The standard InChI is InChI=1S/C30H31O4S.CHF3O3S/c1-20-18-24(35(22-12-8-6-9-13-22)23-14-10-7-11-15-23)19-21(2)25(20)33-27(32)30-17-16-29(5,26(31)34-30)28(30,3)4;2-1(3,4)8(5,6)7/h6-15,18-19H,16-17H2,1-5H3;(H,5,6,7)/q+1;/p-1. The maximum absolute atomic E-state index is 13.6. The summed E-state index contributed by atoms with van der Waals surface area (Å²) in [5, 5.41) is 0. The third-order valence-electron chi connectivity index (χ3n) is 8.52. The minimum atomic E-state index is -6.09. The van der Waals surface area contributed by atoms with Crippen LogP contribution in [0.1, 0.15) is 44.7 Å². The molecule has 2 unspecified atom stereocenters. The molecule has 12 heteroatoms. The molecule has 1 aliphatic carbocycles. The Morgan fingerprint density at radius 2 is 1.33 bits per heavy atom. The molecule has 2 fully saturated rings. The molecule has 1 saturated heterocycles. The summed E-state index contributed by atoms with van der Waals surface area (Å²) in [6.07, 6.45) is 1.12. The van der Waals surface area contributed by atoms with Gasteiger partial charge < -0.3 is 14.0 Å². The summed E-state index contributed by atoms with van der Waals surface area (Å²) in [7, 11) is -6.38. The summed E-state index contributed by atoms with van der Waals surface area (Å²) in [5.41, 5.74) is -6.42. The average Bonchev–Trinajstić information content (AvgIpc) is 3.22. The Morgan fingerprint density at radius 1 is 0.884 bits per heavy atom. The summed E-state index contributed by atoms with van der Waals surface area (Å²) in [4.78, 5) is 29.8. The zero-order valence-electron chi connectivity index (χ0n) is 24.2. The van der Waals surface area contributed by atoms with E-state index in [-0.39, 0.29) is 16.9 Å². The zero-order chi connectivity index (χ0) is 32.0. The van der Waals surface area contributed by atoms with E-state index in [4.69, 9.17) is 22.4 Å². The second-order valence-electron chi connectivity index (χ2n) is 11.3. The predicted molar refractivity (Wildman–Crippen MR) is 152 cm³/mol. The second-order valence-corrected chi connectivity index (χ2v) is 14.7. The third kappa shape index (κ3) is 5.67. The first kappa shape index (κ1) is 32.6. The van der Waals surface area contributed by atoms with Gasteiger partial charge in [0.2, 0.25) is 5.60 Å². The van der Waals surface area contributed by atoms with Crippen molar-refractivity contribution in [1.29, 1.82) is 0 Å². The molecular formula is C31H31F3O7S2. The molecule has 7 nitrogen and oxygen atoms in total. The van der Waals surface area contributed by atoms with Gasteiger partial charge in [0.15, 0.2) is 24.8 Å². The lowest BCUT2D eigenvalue weighted by Gasteiger charge is -2.34. The average molecular weight is 637 g/mol. The van der Waals surface area contributed by atoms with Crippen LogP contribution in [-0.2, 0) is 35.3 Å². The van der Waals surface area contributed by atoms with Gasteiger partial charge in [-0.3, -0.25) is 4.79 Å². The van der Waals surface area contributed by atoms with Crippen molar-refractivity contribution < 1.29 is 45.2 Å². The molecular weight excluding hydrogens is 605 g/mol. The Bertz CT molecular complexity index is 1580. The number of rotatable bonds is 5. The fourth-order valence-corrected chi connectivity index (χ4v) is 7.85. The maximum Gasteiger partial charge on any atom is 0.485 e. The minimum Gasteiger partial charge on any atom is -0.741 e. The molecule has 230 valence electrons. The first-order chi connectivity index (χ1) is 19.9. The van der Waals surface area contributed by atoms with E-state index in [2.05, 4.69) is 60.7 Å². The Labute approximate surface area is 251 Å². The van der Waals surface area contributed by atoms with Crippen LogP contribution in [-0.4, -0.2) is 36.0 Å². The molecule has 2 bridgehead atoms. The highest BCUT2D eigenvalue weighted by atomic mass is 32.2. The van der Waals surface area contributed by atoms with Crippen molar-refractivity contribution in [1.82, 2.24) is 0 Å². The second kappa shape index (κ2) is 11.3. The lowest BCUT2D eigenvalue weighted by atomic mass is 9.66. The lowest BCUT2D eigenvalue weighted by Crippen LogP contribution is -2.50. The van der Waals surface area contributed by atoms with E-state index in [1.165, 1.54) is 9.79 Å². The fraction of sp³-hybridized carbons (Fsp3) is 0.355. The van der Waals surface area contributed by atoms with Crippen molar-refractivity contribution in [3.63, 3.8) is 0 Å². The summed E-state index contributed by atoms with van der Waals surface area (Å²) >= 11 is 0. The van der Waals surface area contributed by atoms with Crippen LogP contribution in [0.2, 0.25) is 0 Å². The number of esters is 2. The Balaban J connectivity index is 0.000000467. The van der Waals surface area contributed by atoms with E-state index in [1.54, 1.807) is 0 Å². The zero-order valence-corrected chi connectivity index (χ0v) is 25.8. The largest absolute Gasteiger partial charge is 0.741 e.